The fourth-order valence-corrected chi connectivity index (χ4v) is 6.85. The molecule has 1 amide bonds. The molecule has 164 valence electrons. The highest BCUT2D eigenvalue weighted by atomic mass is 32.2. The van der Waals surface area contributed by atoms with Gasteiger partial charge in [0.2, 0.25) is 10.0 Å². The van der Waals surface area contributed by atoms with Crippen LogP contribution in [0.4, 0.5) is 4.39 Å². The number of nitrogens with zero attached hydrogens (tertiary/aromatic N) is 3. The number of hydrogen-bond donors (Lipinski definition) is 0. The second-order valence-electron chi connectivity index (χ2n) is 7.42. The maximum absolute atomic E-state index is 13.2. The summed E-state index contributed by atoms with van der Waals surface area (Å²) in [5.74, 6) is -0.974. The van der Waals surface area contributed by atoms with Crippen molar-refractivity contribution < 1.29 is 17.6 Å². The molecule has 1 fully saturated rings. The zero-order valence-electron chi connectivity index (χ0n) is 17.4. The maximum atomic E-state index is 13.2. The number of sulfonamides is 1. The van der Waals surface area contributed by atoms with E-state index in [1.165, 1.54) is 33.3 Å². The molecular weight excluding hydrogens is 437 g/mol. The number of halogens is 1. The first-order valence-electron chi connectivity index (χ1n) is 10.3. The Morgan fingerprint density at radius 2 is 1.94 bits per heavy atom. The summed E-state index contributed by atoms with van der Waals surface area (Å²) in [7, 11) is -3.91. The van der Waals surface area contributed by atoms with Gasteiger partial charge in [0.15, 0.2) is 4.80 Å². The molecule has 1 aliphatic rings. The first-order valence-corrected chi connectivity index (χ1v) is 12.6. The summed E-state index contributed by atoms with van der Waals surface area (Å²) >= 11 is 1.44. The summed E-state index contributed by atoms with van der Waals surface area (Å²) in [5, 5.41) is 0. The Balaban J connectivity index is 1.73. The molecule has 0 radical (unpaired) electrons. The van der Waals surface area contributed by atoms with Gasteiger partial charge in [0.25, 0.3) is 5.91 Å². The molecule has 2 aromatic carbocycles. The van der Waals surface area contributed by atoms with E-state index in [0.717, 1.165) is 28.8 Å². The van der Waals surface area contributed by atoms with Gasteiger partial charge < -0.3 is 4.57 Å². The SMILES string of the molecule is CCc1cccc2sc(=NC(=O)C3CCCN3S(=O)(=O)c3ccc(F)cc3)n(CC)c12. The summed E-state index contributed by atoms with van der Waals surface area (Å²) < 4.78 is 43.6. The molecule has 6 nitrogen and oxygen atoms in total. The highest BCUT2D eigenvalue weighted by molar-refractivity contribution is 7.89. The number of rotatable bonds is 5. The standard InChI is InChI=1S/C22H24FN3O3S2/c1-3-15-7-5-9-19-20(15)25(4-2)22(30-19)24-21(27)18-8-6-14-26(18)31(28,29)17-12-10-16(23)11-13-17/h5,7,9-13,18H,3-4,6,8,14H2,1-2H3. The van der Waals surface area contributed by atoms with Gasteiger partial charge in [-0.25, -0.2) is 12.8 Å². The van der Waals surface area contributed by atoms with Crippen molar-refractivity contribution in [2.45, 2.75) is 50.6 Å². The third-order valence-electron chi connectivity index (χ3n) is 5.60. The fourth-order valence-electron chi connectivity index (χ4n) is 4.05. The van der Waals surface area contributed by atoms with Crippen LogP contribution in [-0.2, 0) is 27.8 Å². The number of hydrogen-bond acceptors (Lipinski definition) is 4. The molecule has 3 aromatic rings. The van der Waals surface area contributed by atoms with Crippen molar-refractivity contribution >= 4 is 37.5 Å². The number of thiazole rings is 1. The van der Waals surface area contributed by atoms with Gasteiger partial charge in [-0.05, 0) is 62.1 Å². The number of carbonyl (C=O) groups excluding carboxylic acids is 1. The Bertz CT molecular complexity index is 1290. The first-order chi connectivity index (χ1) is 14.9. The van der Waals surface area contributed by atoms with Gasteiger partial charge in [-0.1, -0.05) is 30.4 Å². The topological polar surface area (TPSA) is 71.7 Å². The van der Waals surface area contributed by atoms with Crippen LogP contribution in [0.5, 0.6) is 0 Å². The summed E-state index contributed by atoms with van der Waals surface area (Å²) in [6.45, 7) is 4.99. The van der Waals surface area contributed by atoms with Gasteiger partial charge in [-0.3, -0.25) is 4.79 Å². The predicted octanol–water partition coefficient (Wildman–Crippen LogP) is 3.70. The lowest BCUT2D eigenvalue weighted by Crippen LogP contribution is -2.40. The maximum Gasteiger partial charge on any atom is 0.266 e. The van der Waals surface area contributed by atoms with E-state index < -0.39 is 27.8 Å². The van der Waals surface area contributed by atoms with Crippen LogP contribution in [-0.4, -0.2) is 35.8 Å². The minimum atomic E-state index is -3.91. The smallest absolute Gasteiger partial charge is 0.266 e. The Morgan fingerprint density at radius 3 is 2.61 bits per heavy atom. The van der Waals surface area contributed by atoms with Crippen molar-refractivity contribution in [2.24, 2.45) is 4.99 Å². The average molecular weight is 462 g/mol. The summed E-state index contributed by atoms with van der Waals surface area (Å²) in [6.07, 6.45) is 1.86. The number of amides is 1. The highest BCUT2D eigenvalue weighted by Crippen LogP contribution is 2.27. The number of aromatic nitrogens is 1. The lowest BCUT2D eigenvalue weighted by molar-refractivity contribution is -0.121. The van der Waals surface area contributed by atoms with Crippen LogP contribution in [0.2, 0.25) is 0 Å². The number of benzene rings is 2. The van der Waals surface area contributed by atoms with Crippen LogP contribution in [0.1, 0.15) is 32.3 Å². The Hall–Kier alpha value is -2.36. The molecule has 9 heteroatoms. The number of aryl methyl sites for hydroxylation is 2. The predicted molar refractivity (Wildman–Crippen MR) is 119 cm³/mol. The fraction of sp³-hybridized carbons (Fsp3) is 0.364. The van der Waals surface area contributed by atoms with Crippen molar-refractivity contribution in [2.75, 3.05) is 6.54 Å². The van der Waals surface area contributed by atoms with Crippen LogP contribution >= 0.6 is 11.3 Å². The van der Waals surface area contributed by atoms with E-state index in [4.69, 9.17) is 0 Å². The number of para-hydroxylation sites is 1. The Labute approximate surface area is 184 Å². The third-order valence-corrected chi connectivity index (χ3v) is 8.56. The van der Waals surface area contributed by atoms with E-state index in [1.54, 1.807) is 0 Å². The lowest BCUT2D eigenvalue weighted by atomic mass is 10.1. The summed E-state index contributed by atoms with van der Waals surface area (Å²) in [4.78, 5) is 18.0. The first kappa shape index (κ1) is 21.9. The van der Waals surface area contributed by atoms with Gasteiger partial charge in [0.05, 0.1) is 15.1 Å². The van der Waals surface area contributed by atoms with E-state index in [0.29, 0.717) is 24.2 Å². The molecule has 0 spiro atoms. The van der Waals surface area contributed by atoms with Crippen molar-refractivity contribution in [3.8, 4) is 0 Å². The lowest BCUT2D eigenvalue weighted by Gasteiger charge is -2.21. The minimum absolute atomic E-state index is 0.0216. The molecule has 0 N–H and O–H groups in total. The van der Waals surface area contributed by atoms with Gasteiger partial charge in [-0.15, -0.1) is 0 Å². The molecule has 0 bridgehead atoms. The number of carbonyl (C=O) groups is 1. The van der Waals surface area contributed by atoms with E-state index in [1.807, 2.05) is 23.6 Å². The molecule has 1 atom stereocenters. The molecule has 2 heterocycles. The van der Waals surface area contributed by atoms with Crippen LogP contribution in [0.3, 0.4) is 0 Å². The van der Waals surface area contributed by atoms with Crippen LogP contribution in [0.15, 0.2) is 52.4 Å². The largest absolute Gasteiger partial charge is 0.316 e. The number of fused-ring (bicyclic) bond motifs is 1. The zero-order valence-corrected chi connectivity index (χ0v) is 19.0. The Kier molecular flexibility index (Phi) is 6.09. The molecule has 1 aromatic heterocycles. The monoisotopic (exact) mass is 461 g/mol. The van der Waals surface area contributed by atoms with Gasteiger partial charge in [-0.2, -0.15) is 9.30 Å². The van der Waals surface area contributed by atoms with Crippen LogP contribution in [0, 0.1) is 5.82 Å². The van der Waals surface area contributed by atoms with Crippen molar-refractivity contribution in [1.29, 1.82) is 0 Å². The molecular formula is C22H24FN3O3S2. The average Bonchev–Trinajstić information content (AvgIpc) is 3.39. The van der Waals surface area contributed by atoms with Crippen LogP contribution < -0.4 is 4.80 Å². The van der Waals surface area contributed by atoms with Crippen LogP contribution in [0.25, 0.3) is 10.2 Å². The van der Waals surface area contributed by atoms with Crippen molar-refractivity contribution in [3.05, 3.63) is 58.6 Å². The van der Waals surface area contributed by atoms with Crippen molar-refractivity contribution in [1.82, 2.24) is 8.87 Å². The quantitative estimate of drug-likeness (QED) is 0.582. The molecule has 1 unspecified atom stereocenters. The van der Waals surface area contributed by atoms with E-state index >= 15 is 0 Å². The Morgan fingerprint density at radius 1 is 1.19 bits per heavy atom. The second-order valence-corrected chi connectivity index (χ2v) is 10.3. The third kappa shape index (κ3) is 3.97. The summed E-state index contributed by atoms with van der Waals surface area (Å²) in [6, 6.07) is 9.90. The highest BCUT2D eigenvalue weighted by Gasteiger charge is 2.39. The summed E-state index contributed by atoms with van der Waals surface area (Å²) in [5.41, 5.74) is 2.26. The van der Waals surface area contributed by atoms with Gasteiger partial charge >= 0.3 is 0 Å². The molecule has 1 saturated heterocycles. The minimum Gasteiger partial charge on any atom is -0.316 e. The zero-order chi connectivity index (χ0) is 22.2. The van der Waals surface area contributed by atoms with Crippen molar-refractivity contribution in [3.63, 3.8) is 0 Å². The molecule has 31 heavy (non-hydrogen) atoms. The normalized spacial score (nSPS) is 18.2. The van der Waals surface area contributed by atoms with E-state index in [-0.39, 0.29) is 11.4 Å². The second kappa shape index (κ2) is 8.64. The van der Waals surface area contributed by atoms with Gasteiger partial charge in [0, 0.05) is 13.1 Å². The van der Waals surface area contributed by atoms with Gasteiger partial charge in [0.1, 0.15) is 11.9 Å². The molecule has 0 aliphatic carbocycles. The van der Waals surface area contributed by atoms with E-state index in [2.05, 4.69) is 18.0 Å². The molecule has 1 aliphatic heterocycles. The molecule has 0 saturated carbocycles. The molecule has 4 rings (SSSR count). The van der Waals surface area contributed by atoms with E-state index in [9.17, 15) is 17.6 Å².